The highest BCUT2D eigenvalue weighted by Crippen LogP contribution is 2.24. The molecule has 0 spiro atoms. The van der Waals surface area contributed by atoms with Gasteiger partial charge in [0.25, 0.3) is 0 Å². The molecule has 13 heavy (non-hydrogen) atoms. The van der Waals surface area contributed by atoms with E-state index in [1.54, 1.807) is 0 Å². The van der Waals surface area contributed by atoms with Crippen molar-refractivity contribution in [2.75, 3.05) is 0 Å². The molecule has 0 aliphatic rings. The fraction of sp³-hybridized carbons (Fsp3) is 0.500. The quantitative estimate of drug-likeness (QED) is 0.685. The summed E-state index contributed by atoms with van der Waals surface area (Å²) in [6.07, 6.45) is 1.14. The standard InChI is InChI=1S/C12H17Br/c1-9-7-11(13)6-5-10(9)8-12(2,3)4/h5-7H,8H2,1-4H3. The largest absolute Gasteiger partial charge is 0.0599 e. The maximum absolute atomic E-state index is 3.48. The van der Waals surface area contributed by atoms with E-state index >= 15 is 0 Å². The van der Waals surface area contributed by atoms with Crippen LogP contribution in [-0.2, 0) is 6.42 Å². The van der Waals surface area contributed by atoms with E-state index in [0.29, 0.717) is 5.41 Å². The molecule has 0 fully saturated rings. The normalized spacial score (nSPS) is 11.8. The molecule has 0 atom stereocenters. The van der Waals surface area contributed by atoms with Gasteiger partial charge < -0.3 is 0 Å². The van der Waals surface area contributed by atoms with E-state index in [2.05, 4.69) is 61.8 Å². The summed E-state index contributed by atoms with van der Waals surface area (Å²) in [6, 6.07) is 6.51. The Labute approximate surface area is 89.5 Å². The summed E-state index contributed by atoms with van der Waals surface area (Å²) in [7, 11) is 0. The number of hydrogen-bond donors (Lipinski definition) is 0. The molecule has 0 unspecified atom stereocenters. The molecule has 72 valence electrons. The highest BCUT2D eigenvalue weighted by Gasteiger charge is 2.12. The van der Waals surface area contributed by atoms with Gasteiger partial charge in [-0.15, -0.1) is 0 Å². The van der Waals surface area contributed by atoms with E-state index < -0.39 is 0 Å². The summed E-state index contributed by atoms with van der Waals surface area (Å²) in [5.41, 5.74) is 3.21. The molecule has 0 N–H and O–H groups in total. The van der Waals surface area contributed by atoms with Crippen molar-refractivity contribution in [3.05, 3.63) is 33.8 Å². The molecule has 1 rings (SSSR count). The van der Waals surface area contributed by atoms with E-state index in [9.17, 15) is 0 Å². The van der Waals surface area contributed by atoms with Gasteiger partial charge in [0.1, 0.15) is 0 Å². The zero-order valence-corrected chi connectivity index (χ0v) is 10.4. The van der Waals surface area contributed by atoms with Crippen LogP contribution in [0.4, 0.5) is 0 Å². The molecule has 0 heterocycles. The van der Waals surface area contributed by atoms with Crippen LogP contribution in [0.5, 0.6) is 0 Å². The average Bonchev–Trinajstić information content (AvgIpc) is 1.93. The molecular formula is C12H17Br. The first-order valence-corrected chi connectivity index (χ1v) is 5.43. The molecule has 0 saturated carbocycles. The molecule has 0 bridgehead atoms. The molecular weight excluding hydrogens is 224 g/mol. The number of aryl methyl sites for hydroxylation is 1. The van der Waals surface area contributed by atoms with Crippen molar-refractivity contribution in [1.82, 2.24) is 0 Å². The minimum atomic E-state index is 0.374. The Morgan fingerprint density at radius 2 is 1.85 bits per heavy atom. The second kappa shape index (κ2) is 3.83. The second-order valence-corrected chi connectivity index (χ2v) is 5.72. The van der Waals surface area contributed by atoms with Gasteiger partial charge in [-0.3, -0.25) is 0 Å². The monoisotopic (exact) mass is 240 g/mol. The molecule has 1 heteroatoms. The molecule has 0 aliphatic carbocycles. The minimum Gasteiger partial charge on any atom is -0.0599 e. The van der Waals surface area contributed by atoms with Crippen LogP contribution in [0.3, 0.4) is 0 Å². The van der Waals surface area contributed by atoms with Gasteiger partial charge in [-0.2, -0.15) is 0 Å². The van der Waals surface area contributed by atoms with E-state index in [1.807, 2.05) is 0 Å². The second-order valence-electron chi connectivity index (χ2n) is 4.81. The zero-order valence-electron chi connectivity index (χ0n) is 8.82. The summed E-state index contributed by atoms with van der Waals surface area (Å²) < 4.78 is 1.17. The van der Waals surface area contributed by atoms with Crippen molar-refractivity contribution in [2.24, 2.45) is 5.41 Å². The van der Waals surface area contributed by atoms with Crippen molar-refractivity contribution >= 4 is 15.9 Å². The predicted octanol–water partition coefficient (Wildman–Crippen LogP) is 4.35. The number of hydrogen-bond acceptors (Lipinski definition) is 0. The third kappa shape index (κ3) is 3.51. The Hall–Kier alpha value is -0.300. The topological polar surface area (TPSA) is 0 Å². The lowest BCUT2D eigenvalue weighted by Gasteiger charge is -2.19. The Morgan fingerprint density at radius 1 is 1.23 bits per heavy atom. The molecule has 1 aromatic carbocycles. The minimum absolute atomic E-state index is 0.374. The van der Waals surface area contributed by atoms with E-state index in [1.165, 1.54) is 15.6 Å². The Balaban J connectivity index is 2.90. The van der Waals surface area contributed by atoms with Gasteiger partial charge in [-0.05, 0) is 42.0 Å². The molecule has 0 nitrogen and oxygen atoms in total. The SMILES string of the molecule is Cc1cc(Br)ccc1CC(C)(C)C. The Morgan fingerprint density at radius 3 is 2.31 bits per heavy atom. The van der Waals surface area contributed by atoms with Crippen molar-refractivity contribution in [1.29, 1.82) is 0 Å². The molecule has 0 amide bonds. The van der Waals surface area contributed by atoms with Gasteiger partial charge in [-0.25, -0.2) is 0 Å². The highest BCUT2D eigenvalue weighted by atomic mass is 79.9. The maximum atomic E-state index is 3.48. The maximum Gasteiger partial charge on any atom is 0.0178 e. The van der Waals surface area contributed by atoms with Crippen LogP contribution in [0.25, 0.3) is 0 Å². The van der Waals surface area contributed by atoms with Crippen LogP contribution < -0.4 is 0 Å². The van der Waals surface area contributed by atoms with Gasteiger partial charge in [0, 0.05) is 4.47 Å². The summed E-state index contributed by atoms with van der Waals surface area (Å²) >= 11 is 3.48. The fourth-order valence-electron chi connectivity index (χ4n) is 1.43. The number of benzene rings is 1. The van der Waals surface area contributed by atoms with Gasteiger partial charge >= 0.3 is 0 Å². The van der Waals surface area contributed by atoms with Crippen molar-refractivity contribution in [3.63, 3.8) is 0 Å². The summed E-state index contributed by atoms with van der Waals surface area (Å²) in [5.74, 6) is 0. The lowest BCUT2D eigenvalue weighted by molar-refractivity contribution is 0.410. The third-order valence-electron chi connectivity index (χ3n) is 2.03. The molecule has 0 aliphatic heterocycles. The zero-order chi connectivity index (χ0) is 10.1. The first-order valence-electron chi connectivity index (χ1n) is 4.63. The van der Waals surface area contributed by atoms with Crippen LogP contribution >= 0.6 is 15.9 Å². The molecule has 0 radical (unpaired) electrons. The summed E-state index contributed by atoms with van der Waals surface area (Å²) in [4.78, 5) is 0. The third-order valence-corrected chi connectivity index (χ3v) is 2.52. The Bertz CT molecular complexity index is 294. The van der Waals surface area contributed by atoms with Crippen molar-refractivity contribution < 1.29 is 0 Å². The molecule has 0 saturated heterocycles. The van der Waals surface area contributed by atoms with E-state index in [4.69, 9.17) is 0 Å². The van der Waals surface area contributed by atoms with Gasteiger partial charge in [-0.1, -0.05) is 42.8 Å². The van der Waals surface area contributed by atoms with Gasteiger partial charge in [0.15, 0.2) is 0 Å². The summed E-state index contributed by atoms with van der Waals surface area (Å²) in [5, 5.41) is 0. The lowest BCUT2D eigenvalue weighted by Crippen LogP contribution is -2.10. The molecule has 1 aromatic rings. The fourth-order valence-corrected chi connectivity index (χ4v) is 1.90. The average molecular weight is 241 g/mol. The van der Waals surface area contributed by atoms with Crippen molar-refractivity contribution in [2.45, 2.75) is 34.1 Å². The lowest BCUT2D eigenvalue weighted by atomic mass is 9.86. The van der Waals surface area contributed by atoms with Crippen LogP contribution in [0.1, 0.15) is 31.9 Å². The van der Waals surface area contributed by atoms with Gasteiger partial charge in [0.05, 0.1) is 0 Å². The van der Waals surface area contributed by atoms with E-state index in [-0.39, 0.29) is 0 Å². The smallest absolute Gasteiger partial charge is 0.0178 e. The van der Waals surface area contributed by atoms with Crippen LogP contribution in [0.15, 0.2) is 22.7 Å². The predicted molar refractivity (Wildman–Crippen MR) is 62.0 cm³/mol. The van der Waals surface area contributed by atoms with Crippen molar-refractivity contribution in [3.8, 4) is 0 Å². The van der Waals surface area contributed by atoms with Gasteiger partial charge in [0.2, 0.25) is 0 Å². The van der Waals surface area contributed by atoms with E-state index in [0.717, 1.165) is 6.42 Å². The van der Waals surface area contributed by atoms with Crippen LogP contribution in [0, 0.1) is 12.3 Å². The summed E-state index contributed by atoms with van der Waals surface area (Å²) in [6.45, 7) is 8.99. The first-order chi connectivity index (χ1) is 5.88. The van der Waals surface area contributed by atoms with Crippen LogP contribution in [-0.4, -0.2) is 0 Å². The number of rotatable bonds is 1. The number of halogens is 1. The molecule has 0 aromatic heterocycles. The highest BCUT2D eigenvalue weighted by molar-refractivity contribution is 9.10. The van der Waals surface area contributed by atoms with Crippen LogP contribution in [0.2, 0.25) is 0 Å². The Kier molecular flexibility index (Phi) is 3.18. The first kappa shape index (κ1) is 10.8.